The Bertz CT molecular complexity index is 1120. The number of hydrogen-bond donors (Lipinski definition) is 3. The van der Waals surface area contributed by atoms with Crippen LogP contribution >= 0.6 is 11.6 Å². The number of aliphatic hydroxyl groups is 1. The van der Waals surface area contributed by atoms with Gasteiger partial charge in [-0.1, -0.05) is 11.6 Å². The van der Waals surface area contributed by atoms with Crippen LogP contribution in [0.25, 0.3) is 0 Å². The summed E-state index contributed by atoms with van der Waals surface area (Å²) in [5.41, 5.74) is -0.962. The second-order valence-electron chi connectivity index (χ2n) is 9.32. The van der Waals surface area contributed by atoms with Crippen molar-refractivity contribution in [3.8, 4) is 11.5 Å². The van der Waals surface area contributed by atoms with Crippen molar-refractivity contribution in [1.82, 2.24) is 10.6 Å². The number of ether oxygens (including phenoxy) is 2. The van der Waals surface area contributed by atoms with E-state index in [2.05, 4.69) is 10.6 Å². The molecule has 2 amide bonds. The molecule has 3 saturated carbocycles. The van der Waals surface area contributed by atoms with Crippen LogP contribution in [0.15, 0.2) is 36.4 Å². The molecule has 3 aliphatic carbocycles. The van der Waals surface area contributed by atoms with Crippen molar-refractivity contribution in [3.63, 3.8) is 0 Å². The molecule has 3 aliphatic rings. The predicted octanol–water partition coefficient (Wildman–Crippen LogP) is 3.43. The lowest BCUT2D eigenvalue weighted by Crippen LogP contribution is -2.70. The molecular formula is C25H27ClF2N2O5. The average Bonchev–Trinajstić information content (AvgIpc) is 2.82. The fourth-order valence-electron chi connectivity index (χ4n) is 4.88. The fraction of sp³-hybridized carbons (Fsp3) is 0.440. The fourth-order valence-corrected chi connectivity index (χ4v) is 5.00. The van der Waals surface area contributed by atoms with Crippen molar-refractivity contribution >= 4 is 23.4 Å². The highest BCUT2D eigenvalue weighted by atomic mass is 35.5. The molecule has 0 spiro atoms. The SMILES string of the molecule is Cc1cc(OCC(=O)NC23CCC(NC(=O)COc4ccc(Cl)c(F)c4)(CC2)[C@@H](O)C3)ccc1F. The maximum atomic E-state index is 13.5. The molecule has 3 fully saturated rings. The molecule has 3 N–H and O–H groups in total. The van der Waals surface area contributed by atoms with E-state index in [0.29, 0.717) is 37.0 Å². The van der Waals surface area contributed by atoms with Crippen molar-refractivity contribution in [2.45, 2.75) is 56.2 Å². The summed E-state index contributed by atoms with van der Waals surface area (Å²) in [6, 6.07) is 8.17. The van der Waals surface area contributed by atoms with Gasteiger partial charge in [0.05, 0.1) is 16.7 Å². The third kappa shape index (κ3) is 5.67. The molecule has 5 rings (SSSR count). The molecule has 7 nitrogen and oxygen atoms in total. The smallest absolute Gasteiger partial charge is 0.258 e. The largest absolute Gasteiger partial charge is 0.484 e. The quantitative estimate of drug-likeness (QED) is 0.507. The zero-order chi connectivity index (χ0) is 25.2. The predicted molar refractivity (Wildman–Crippen MR) is 124 cm³/mol. The van der Waals surface area contributed by atoms with Gasteiger partial charge >= 0.3 is 0 Å². The van der Waals surface area contributed by atoms with Crippen LogP contribution in [0.1, 0.15) is 37.7 Å². The molecule has 2 aromatic carbocycles. The Kier molecular flexibility index (Phi) is 7.19. The van der Waals surface area contributed by atoms with Gasteiger partial charge in [-0.25, -0.2) is 8.78 Å². The van der Waals surface area contributed by atoms with E-state index in [1.54, 1.807) is 6.92 Å². The summed E-state index contributed by atoms with van der Waals surface area (Å²) in [6.07, 6.45) is 1.55. The van der Waals surface area contributed by atoms with Crippen LogP contribution in [-0.4, -0.2) is 47.3 Å². The summed E-state index contributed by atoms with van der Waals surface area (Å²) in [7, 11) is 0. The second kappa shape index (κ2) is 9.99. The molecule has 0 heterocycles. The number of halogens is 3. The summed E-state index contributed by atoms with van der Waals surface area (Å²) in [4.78, 5) is 25.0. The highest BCUT2D eigenvalue weighted by Gasteiger charge is 2.55. The normalized spacial score (nSPS) is 25.1. The number of rotatable bonds is 8. The first kappa shape index (κ1) is 25.2. The summed E-state index contributed by atoms with van der Waals surface area (Å²) in [5.74, 6) is -1.18. The first-order chi connectivity index (χ1) is 16.6. The lowest BCUT2D eigenvalue weighted by molar-refractivity contribution is -0.137. The lowest BCUT2D eigenvalue weighted by Gasteiger charge is -2.56. The minimum absolute atomic E-state index is 0.0408. The molecule has 0 unspecified atom stereocenters. The van der Waals surface area contributed by atoms with Gasteiger partial charge in [-0.05, 0) is 74.9 Å². The molecule has 2 bridgehead atoms. The Labute approximate surface area is 206 Å². The molecule has 35 heavy (non-hydrogen) atoms. The molecular weight excluding hydrogens is 482 g/mol. The van der Waals surface area contributed by atoms with E-state index in [9.17, 15) is 23.5 Å². The monoisotopic (exact) mass is 508 g/mol. The van der Waals surface area contributed by atoms with Crippen LogP contribution in [0, 0.1) is 18.6 Å². The minimum atomic E-state index is -0.858. The number of nitrogens with one attached hydrogen (secondary N) is 2. The van der Waals surface area contributed by atoms with Crippen molar-refractivity contribution in [3.05, 3.63) is 58.6 Å². The van der Waals surface area contributed by atoms with E-state index >= 15 is 0 Å². The Morgan fingerprint density at radius 1 is 0.971 bits per heavy atom. The number of fused-ring (bicyclic) bond motifs is 3. The van der Waals surface area contributed by atoms with Gasteiger partial charge in [-0.3, -0.25) is 9.59 Å². The van der Waals surface area contributed by atoms with E-state index in [0.717, 1.165) is 6.07 Å². The van der Waals surface area contributed by atoms with Gasteiger partial charge < -0.3 is 25.2 Å². The van der Waals surface area contributed by atoms with Gasteiger partial charge in [0.15, 0.2) is 13.2 Å². The molecule has 188 valence electrons. The van der Waals surface area contributed by atoms with Crippen LogP contribution in [0.3, 0.4) is 0 Å². The van der Waals surface area contributed by atoms with E-state index in [1.807, 2.05) is 0 Å². The van der Waals surface area contributed by atoms with Gasteiger partial charge in [0.2, 0.25) is 0 Å². The Hall–Kier alpha value is -2.91. The van der Waals surface area contributed by atoms with E-state index in [1.165, 1.54) is 30.3 Å². The Morgan fingerprint density at radius 2 is 1.57 bits per heavy atom. The zero-order valence-corrected chi connectivity index (χ0v) is 20.0. The standard InChI is InChI=1S/C25H27ClF2N2O5/c1-15-10-16(3-5-19(15)27)34-13-22(32)29-24-6-8-25(9-7-24,21(31)12-24)30-23(33)14-35-17-2-4-18(26)20(28)11-17/h2-5,10-11,21,31H,6-9,12-14H2,1H3,(H,29,32)(H,30,33)/t21-,24?,25?/m0/s1. The molecule has 2 aromatic rings. The Morgan fingerprint density at radius 3 is 2.17 bits per heavy atom. The average molecular weight is 509 g/mol. The van der Waals surface area contributed by atoms with Crippen LogP contribution in [0.4, 0.5) is 8.78 Å². The maximum absolute atomic E-state index is 13.5. The number of aryl methyl sites for hydroxylation is 1. The van der Waals surface area contributed by atoms with Crippen LogP contribution in [-0.2, 0) is 9.59 Å². The topological polar surface area (TPSA) is 96.9 Å². The van der Waals surface area contributed by atoms with E-state index in [-0.39, 0.29) is 42.1 Å². The second-order valence-corrected chi connectivity index (χ2v) is 9.72. The van der Waals surface area contributed by atoms with Crippen LogP contribution < -0.4 is 20.1 Å². The van der Waals surface area contributed by atoms with Crippen molar-refractivity contribution in [2.24, 2.45) is 0 Å². The summed E-state index contributed by atoms with van der Waals surface area (Å²) >= 11 is 5.65. The molecule has 0 saturated heterocycles. The maximum Gasteiger partial charge on any atom is 0.258 e. The van der Waals surface area contributed by atoms with Gasteiger partial charge in [0, 0.05) is 11.6 Å². The highest BCUT2D eigenvalue weighted by molar-refractivity contribution is 6.30. The van der Waals surface area contributed by atoms with Gasteiger partial charge in [0.1, 0.15) is 23.1 Å². The number of hydrogen-bond acceptors (Lipinski definition) is 5. The highest BCUT2D eigenvalue weighted by Crippen LogP contribution is 2.47. The molecule has 0 aliphatic heterocycles. The molecule has 10 heteroatoms. The number of amides is 2. The number of benzene rings is 2. The van der Waals surface area contributed by atoms with Crippen LogP contribution in [0.2, 0.25) is 5.02 Å². The number of carbonyl (C=O) groups excluding carboxylic acids is 2. The molecule has 1 atom stereocenters. The lowest BCUT2D eigenvalue weighted by atomic mass is 9.60. The summed E-state index contributed by atoms with van der Waals surface area (Å²) < 4.78 is 37.8. The Balaban J connectivity index is 1.28. The molecule has 0 radical (unpaired) electrons. The third-order valence-electron chi connectivity index (χ3n) is 6.87. The van der Waals surface area contributed by atoms with Crippen LogP contribution in [0.5, 0.6) is 11.5 Å². The van der Waals surface area contributed by atoms with Crippen molar-refractivity contribution in [2.75, 3.05) is 13.2 Å². The summed E-state index contributed by atoms with van der Waals surface area (Å²) in [5, 5.41) is 16.7. The van der Waals surface area contributed by atoms with Gasteiger partial charge in [-0.2, -0.15) is 0 Å². The minimum Gasteiger partial charge on any atom is -0.484 e. The van der Waals surface area contributed by atoms with Crippen molar-refractivity contribution in [1.29, 1.82) is 0 Å². The summed E-state index contributed by atoms with van der Waals surface area (Å²) in [6.45, 7) is 1.05. The third-order valence-corrected chi connectivity index (χ3v) is 7.18. The van der Waals surface area contributed by atoms with Gasteiger partial charge in [0.25, 0.3) is 11.8 Å². The van der Waals surface area contributed by atoms with E-state index < -0.39 is 28.9 Å². The first-order valence-corrected chi connectivity index (χ1v) is 11.7. The van der Waals surface area contributed by atoms with E-state index in [4.69, 9.17) is 21.1 Å². The number of carbonyl (C=O) groups is 2. The van der Waals surface area contributed by atoms with Crippen molar-refractivity contribution < 1.29 is 33.0 Å². The first-order valence-electron chi connectivity index (χ1n) is 11.4. The molecule has 0 aromatic heterocycles. The zero-order valence-electron chi connectivity index (χ0n) is 19.2. The van der Waals surface area contributed by atoms with Gasteiger partial charge in [-0.15, -0.1) is 0 Å². The number of aliphatic hydroxyl groups excluding tert-OH is 1.